The Kier molecular flexibility index (Phi) is 6.40. The first kappa shape index (κ1) is 25.8. The summed E-state index contributed by atoms with van der Waals surface area (Å²) in [6.07, 6.45) is 2.28. The second-order valence-corrected chi connectivity index (χ2v) is 12.5. The maximum Gasteiger partial charge on any atom is 0.0412 e. The molecule has 0 radical (unpaired) electrons. The van der Waals surface area contributed by atoms with Crippen molar-refractivity contribution in [3.8, 4) is 22.3 Å². The van der Waals surface area contributed by atoms with Gasteiger partial charge in [0.25, 0.3) is 0 Å². The van der Waals surface area contributed by atoms with E-state index in [2.05, 4.69) is 107 Å². The molecule has 1 spiro atoms. The third kappa shape index (κ3) is 4.24. The minimum atomic E-state index is 0.0199. The van der Waals surface area contributed by atoms with Crippen LogP contribution in [0.15, 0.2) is 84.9 Å². The number of benzene rings is 4. The predicted molar refractivity (Wildman–Crippen MR) is 161 cm³/mol. The van der Waals surface area contributed by atoms with Crippen molar-refractivity contribution in [1.82, 2.24) is 0 Å². The van der Waals surface area contributed by atoms with E-state index in [1.807, 2.05) is 26.0 Å². The van der Waals surface area contributed by atoms with Crippen LogP contribution in [0.1, 0.15) is 82.2 Å². The summed E-state index contributed by atoms with van der Waals surface area (Å²) in [5.41, 5.74) is 12.7. The molecule has 0 amide bonds. The Bertz CT molecular complexity index is 1360. The van der Waals surface area contributed by atoms with E-state index in [4.69, 9.17) is 11.6 Å². The van der Waals surface area contributed by atoms with Crippen molar-refractivity contribution in [2.24, 2.45) is 0 Å². The molecule has 0 N–H and O–H groups in total. The lowest BCUT2D eigenvalue weighted by molar-refractivity contribution is 0.350. The lowest BCUT2D eigenvalue weighted by Crippen LogP contribution is -2.27. The number of fused-ring (bicyclic) bond motifs is 4. The topological polar surface area (TPSA) is 0 Å². The molecule has 1 unspecified atom stereocenters. The molecule has 0 saturated carbocycles. The summed E-state index contributed by atoms with van der Waals surface area (Å²) >= 11 is 6.37. The molecule has 0 aliphatic heterocycles. The number of rotatable bonds is 2. The Hall–Kier alpha value is -2.83. The summed E-state index contributed by atoms with van der Waals surface area (Å²) in [7, 11) is 0. The maximum absolute atomic E-state index is 6.37. The lowest BCUT2D eigenvalue weighted by Gasteiger charge is -2.31. The largest absolute Gasteiger partial charge is 0.0843 e. The van der Waals surface area contributed by atoms with Gasteiger partial charge in [0.05, 0.1) is 0 Å². The maximum atomic E-state index is 6.37. The van der Waals surface area contributed by atoms with Crippen LogP contribution in [-0.2, 0) is 16.2 Å². The predicted octanol–water partition coefficient (Wildman–Crippen LogP) is 10.7. The van der Waals surface area contributed by atoms with Gasteiger partial charge >= 0.3 is 0 Å². The van der Waals surface area contributed by atoms with Crippen molar-refractivity contribution in [2.45, 2.75) is 77.6 Å². The summed E-state index contributed by atoms with van der Waals surface area (Å²) in [4.78, 5) is 0. The van der Waals surface area contributed by atoms with Crippen LogP contribution in [-0.4, -0.2) is 0 Å². The van der Waals surface area contributed by atoms with E-state index in [1.165, 1.54) is 50.1 Å². The van der Waals surface area contributed by atoms with Crippen molar-refractivity contribution in [1.29, 1.82) is 0 Å². The fraction of sp³-hybridized carbons (Fsp3) is 0.333. The zero-order chi connectivity index (χ0) is 26.6. The molecule has 37 heavy (non-hydrogen) atoms. The molecule has 1 atom stereocenters. The molecule has 0 heterocycles. The number of aryl methyl sites for hydroxylation is 1. The van der Waals surface area contributed by atoms with Crippen LogP contribution >= 0.6 is 11.6 Å². The van der Waals surface area contributed by atoms with Gasteiger partial charge < -0.3 is 0 Å². The van der Waals surface area contributed by atoms with Gasteiger partial charge in [-0.15, -0.1) is 0 Å². The van der Waals surface area contributed by atoms with E-state index in [1.54, 1.807) is 0 Å². The van der Waals surface area contributed by atoms with Crippen molar-refractivity contribution in [2.75, 3.05) is 0 Å². The zero-order valence-corrected chi connectivity index (χ0v) is 24.1. The van der Waals surface area contributed by atoms with Crippen molar-refractivity contribution < 1.29 is 0 Å². The third-order valence-corrected chi connectivity index (χ3v) is 8.76. The van der Waals surface area contributed by atoms with Crippen LogP contribution < -0.4 is 0 Å². The monoisotopic (exact) mass is 506 g/mol. The minimum Gasteiger partial charge on any atom is -0.0843 e. The van der Waals surface area contributed by atoms with Gasteiger partial charge in [-0.25, -0.2) is 0 Å². The van der Waals surface area contributed by atoms with Gasteiger partial charge in [0.15, 0.2) is 0 Å². The second-order valence-electron chi connectivity index (χ2n) is 12.1. The van der Waals surface area contributed by atoms with E-state index in [0.29, 0.717) is 0 Å². The first-order chi connectivity index (χ1) is 17.6. The summed E-state index contributed by atoms with van der Waals surface area (Å²) < 4.78 is 0. The van der Waals surface area contributed by atoms with Crippen LogP contribution in [0.3, 0.4) is 0 Å². The molecule has 0 fully saturated rings. The molecule has 190 valence electrons. The van der Waals surface area contributed by atoms with Crippen LogP contribution in [0.4, 0.5) is 0 Å². The van der Waals surface area contributed by atoms with Gasteiger partial charge in [-0.1, -0.05) is 119 Å². The average molecular weight is 507 g/mol. The van der Waals surface area contributed by atoms with E-state index < -0.39 is 0 Å². The highest BCUT2D eigenvalue weighted by molar-refractivity contribution is 6.30. The summed E-state index contributed by atoms with van der Waals surface area (Å²) in [6, 6.07) is 31.5. The quantitative estimate of drug-likeness (QED) is 0.253. The number of hydrogen-bond donors (Lipinski definition) is 0. The van der Waals surface area contributed by atoms with E-state index in [0.717, 1.165) is 17.9 Å². The molecule has 0 bridgehead atoms. The van der Waals surface area contributed by atoms with E-state index >= 15 is 0 Å². The molecule has 0 saturated heterocycles. The first-order valence-electron chi connectivity index (χ1n) is 13.7. The molecular formula is C36H39Cl. The van der Waals surface area contributed by atoms with Crippen LogP contribution in [0, 0.1) is 6.92 Å². The SMILES string of the molecule is CC.Cc1cccc(-c2ccc3c(c2)C2(CC3(C)C)CC(C)(C)c3ccc(-c4cccc(Cl)c4)cc32)c1. The van der Waals surface area contributed by atoms with Gasteiger partial charge in [-0.05, 0) is 99.4 Å². The minimum absolute atomic E-state index is 0.0199. The highest BCUT2D eigenvalue weighted by atomic mass is 35.5. The summed E-state index contributed by atoms with van der Waals surface area (Å²) in [5.74, 6) is 0. The fourth-order valence-electron chi connectivity index (χ4n) is 7.20. The van der Waals surface area contributed by atoms with Crippen LogP contribution in [0.5, 0.6) is 0 Å². The van der Waals surface area contributed by atoms with E-state index in [-0.39, 0.29) is 16.2 Å². The molecule has 4 aromatic rings. The molecule has 2 aliphatic carbocycles. The van der Waals surface area contributed by atoms with Crippen LogP contribution in [0.25, 0.3) is 22.3 Å². The average Bonchev–Trinajstić information content (AvgIpc) is 3.24. The Labute approximate surface area is 228 Å². The smallest absolute Gasteiger partial charge is 0.0412 e. The van der Waals surface area contributed by atoms with Crippen molar-refractivity contribution in [3.05, 3.63) is 118 Å². The highest BCUT2D eigenvalue weighted by Gasteiger charge is 2.56. The number of hydrogen-bond acceptors (Lipinski definition) is 0. The first-order valence-corrected chi connectivity index (χ1v) is 14.1. The van der Waals surface area contributed by atoms with Gasteiger partial charge in [-0.2, -0.15) is 0 Å². The zero-order valence-electron chi connectivity index (χ0n) is 23.4. The Balaban J connectivity index is 0.00000137. The molecular weight excluding hydrogens is 468 g/mol. The van der Waals surface area contributed by atoms with Crippen LogP contribution in [0.2, 0.25) is 5.02 Å². The Morgan fingerprint density at radius 1 is 0.541 bits per heavy atom. The highest BCUT2D eigenvalue weighted by Crippen LogP contribution is 2.63. The van der Waals surface area contributed by atoms with Crippen molar-refractivity contribution in [3.63, 3.8) is 0 Å². The summed E-state index contributed by atoms with van der Waals surface area (Å²) in [5, 5.41) is 0.785. The summed E-state index contributed by atoms with van der Waals surface area (Å²) in [6.45, 7) is 15.9. The van der Waals surface area contributed by atoms with E-state index in [9.17, 15) is 0 Å². The Morgan fingerprint density at radius 2 is 1.00 bits per heavy atom. The fourth-order valence-corrected chi connectivity index (χ4v) is 7.39. The lowest BCUT2D eigenvalue weighted by atomic mass is 9.72. The van der Waals surface area contributed by atoms with Gasteiger partial charge in [0.2, 0.25) is 0 Å². The normalized spacial score (nSPS) is 20.2. The molecule has 2 aliphatic rings. The molecule has 1 heteroatoms. The third-order valence-electron chi connectivity index (χ3n) is 8.53. The van der Waals surface area contributed by atoms with Gasteiger partial charge in [0.1, 0.15) is 0 Å². The molecule has 6 rings (SSSR count). The second kappa shape index (κ2) is 9.17. The molecule has 0 aromatic heterocycles. The van der Waals surface area contributed by atoms with Gasteiger partial charge in [-0.3, -0.25) is 0 Å². The standard InChI is InChI=1S/C34H33Cl.C2H6/c1-22-8-6-9-23(16-22)25-12-14-28-30(18-25)34(20-32(28,2)3)21-33(4,5)29-15-13-26(19-31(29)34)24-10-7-11-27(35)17-24;1-2/h6-19H,20-21H2,1-5H3;1-2H3. The molecule has 4 aromatic carbocycles. The number of halogens is 1. The van der Waals surface area contributed by atoms with Gasteiger partial charge in [0, 0.05) is 10.4 Å². The molecule has 0 nitrogen and oxygen atoms in total. The van der Waals surface area contributed by atoms with Crippen molar-refractivity contribution >= 4 is 11.6 Å². The Morgan fingerprint density at radius 3 is 1.49 bits per heavy atom.